The van der Waals surface area contributed by atoms with Gasteiger partial charge in [-0.2, -0.15) is 0 Å². The Balaban J connectivity index is 0.000000245. The van der Waals surface area contributed by atoms with E-state index in [4.69, 9.17) is 9.47 Å². The number of anilines is 2. The first-order valence-electron chi connectivity index (χ1n) is 15.1. The number of hydrogen-bond acceptors (Lipinski definition) is 4. The number of ether oxygens (including phenoxy) is 2. The fourth-order valence-corrected chi connectivity index (χ4v) is 5.26. The van der Waals surface area contributed by atoms with Crippen molar-refractivity contribution in [2.75, 3.05) is 36.9 Å². The van der Waals surface area contributed by atoms with Gasteiger partial charge in [0.05, 0.1) is 12.2 Å². The first-order valence-corrected chi connectivity index (χ1v) is 15.1. The predicted octanol–water partition coefficient (Wildman–Crippen LogP) is 9.14. The van der Waals surface area contributed by atoms with Gasteiger partial charge in [0.2, 0.25) is 0 Å². The summed E-state index contributed by atoms with van der Waals surface area (Å²) >= 11 is 0. The second-order valence-electron chi connectivity index (χ2n) is 11.6. The van der Waals surface area contributed by atoms with Crippen LogP contribution in [0.3, 0.4) is 0 Å². The molecule has 0 aliphatic carbocycles. The maximum absolute atomic E-state index is 5.71. The second kappa shape index (κ2) is 16.8. The average molecular weight is 525 g/mol. The summed E-state index contributed by atoms with van der Waals surface area (Å²) in [6.07, 6.45) is 6.83. The lowest BCUT2D eigenvalue weighted by atomic mass is 9.92. The molecule has 4 rings (SSSR count). The summed E-state index contributed by atoms with van der Waals surface area (Å²) in [7, 11) is 0. The number of benzene rings is 2. The van der Waals surface area contributed by atoms with Crippen molar-refractivity contribution < 1.29 is 9.47 Å². The van der Waals surface area contributed by atoms with Crippen molar-refractivity contribution in [1.82, 2.24) is 0 Å². The molecule has 2 saturated heterocycles. The quantitative estimate of drug-likeness (QED) is 0.361. The van der Waals surface area contributed by atoms with E-state index in [9.17, 15) is 0 Å². The maximum Gasteiger partial charge on any atom is 0.0748 e. The van der Waals surface area contributed by atoms with Gasteiger partial charge in [0, 0.05) is 37.7 Å². The molecule has 0 aromatic heterocycles. The maximum atomic E-state index is 5.71. The summed E-state index contributed by atoms with van der Waals surface area (Å²) in [5.41, 5.74) is 9.45. The van der Waals surface area contributed by atoms with Crippen LogP contribution in [0.5, 0.6) is 0 Å². The highest BCUT2D eigenvalue weighted by atomic mass is 16.5. The molecule has 2 unspecified atom stereocenters. The molecule has 2 heterocycles. The monoisotopic (exact) mass is 524 g/mol. The molecule has 2 N–H and O–H groups in total. The molecule has 4 nitrogen and oxygen atoms in total. The van der Waals surface area contributed by atoms with E-state index < -0.39 is 0 Å². The topological polar surface area (TPSA) is 42.5 Å². The molecule has 4 heteroatoms. The van der Waals surface area contributed by atoms with Crippen molar-refractivity contribution in [2.45, 2.75) is 118 Å². The van der Waals surface area contributed by atoms with Crippen LogP contribution in [0.2, 0.25) is 0 Å². The van der Waals surface area contributed by atoms with Crippen molar-refractivity contribution >= 4 is 11.4 Å². The zero-order valence-electron chi connectivity index (χ0n) is 25.9. The molecule has 0 amide bonds. The minimum atomic E-state index is 0.389. The normalized spacial score (nSPS) is 18.6. The average Bonchev–Trinajstić information content (AvgIpc) is 3.57. The Kier molecular flexibility index (Phi) is 14.2. The van der Waals surface area contributed by atoms with Gasteiger partial charge in [-0.15, -0.1) is 0 Å². The zero-order valence-corrected chi connectivity index (χ0v) is 25.9. The van der Waals surface area contributed by atoms with Crippen LogP contribution in [0, 0.1) is 20.8 Å². The smallest absolute Gasteiger partial charge is 0.0748 e. The second-order valence-corrected chi connectivity index (χ2v) is 11.6. The third kappa shape index (κ3) is 10.3. The standard InChI is InChI=1S/C17H27NO.C14H21NO.C3H8/c1-12(2)15-8-5-9-16(13(3)4)17(15)18-11-14-7-6-10-19-14;1-10-7-11(2)14(12(3)8-10)15-9-13-5-4-6-16-13;1-3-2/h5,8-9,12-14,18H,6-7,10-11H2,1-4H3;7-8,13,15H,4-6,9H2,1-3H3;3H2,1-2H3. The van der Waals surface area contributed by atoms with E-state index in [2.05, 4.69) is 103 Å². The van der Waals surface area contributed by atoms with Gasteiger partial charge in [-0.05, 0) is 80.5 Å². The third-order valence-electron chi connectivity index (χ3n) is 7.11. The lowest BCUT2D eigenvalue weighted by molar-refractivity contribution is 0.120. The molecular formula is C34H56N2O2. The molecule has 0 radical (unpaired) electrons. The molecule has 2 aromatic rings. The van der Waals surface area contributed by atoms with Crippen molar-refractivity contribution in [3.8, 4) is 0 Å². The Labute approximate surface area is 234 Å². The summed E-state index contributed by atoms with van der Waals surface area (Å²) in [5, 5.41) is 7.19. The third-order valence-corrected chi connectivity index (χ3v) is 7.11. The summed E-state index contributed by atoms with van der Waals surface area (Å²) in [6.45, 7) is 23.5. The summed E-state index contributed by atoms with van der Waals surface area (Å²) in [6, 6.07) is 11.1. The van der Waals surface area contributed by atoms with Crippen LogP contribution in [0.15, 0.2) is 30.3 Å². The molecule has 2 fully saturated rings. The van der Waals surface area contributed by atoms with Crippen LogP contribution in [0.1, 0.15) is 113 Å². The molecule has 2 aliphatic rings. The van der Waals surface area contributed by atoms with Crippen LogP contribution < -0.4 is 10.6 Å². The number of hydrogen-bond donors (Lipinski definition) is 2. The van der Waals surface area contributed by atoms with Gasteiger partial charge in [-0.3, -0.25) is 0 Å². The highest BCUT2D eigenvalue weighted by molar-refractivity contribution is 5.60. The van der Waals surface area contributed by atoms with E-state index in [1.165, 1.54) is 71.3 Å². The van der Waals surface area contributed by atoms with Crippen LogP contribution in [0.4, 0.5) is 11.4 Å². The fourth-order valence-electron chi connectivity index (χ4n) is 5.26. The van der Waals surface area contributed by atoms with E-state index in [0.717, 1.165) is 26.3 Å². The fraction of sp³-hybridized carbons (Fsp3) is 0.647. The van der Waals surface area contributed by atoms with Gasteiger partial charge in [-0.25, -0.2) is 0 Å². The highest BCUT2D eigenvalue weighted by Crippen LogP contribution is 2.32. The Morgan fingerprint density at radius 3 is 1.53 bits per heavy atom. The van der Waals surface area contributed by atoms with Crippen molar-refractivity contribution in [2.24, 2.45) is 0 Å². The van der Waals surface area contributed by atoms with E-state index >= 15 is 0 Å². The lowest BCUT2D eigenvalue weighted by Crippen LogP contribution is -2.20. The van der Waals surface area contributed by atoms with Gasteiger partial charge in [0.1, 0.15) is 0 Å². The van der Waals surface area contributed by atoms with Gasteiger partial charge in [-0.1, -0.05) is 83.9 Å². The van der Waals surface area contributed by atoms with Crippen LogP contribution in [0.25, 0.3) is 0 Å². The minimum absolute atomic E-state index is 0.389. The van der Waals surface area contributed by atoms with E-state index in [1.807, 2.05) is 0 Å². The number of para-hydroxylation sites is 1. The van der Waals surface area contributed by atoms with E-state index in [1.54, 1.807) is 0 Å². The molecule has 2 aromatic carbocycles. The number of rotatable bonds is 8. The van der Waals surface area contributed by atoms with Crippen molar-refractivity contribution in [1.29, 1.82) is 0 Å². The number of aryl methyl sites for hydroxylation is 3. The summed E-state index contributed by atoms with van der Waals surface area (Å²) < 4.78 is 11.3. The predicted molar refractivity (Wildman–Crippen MR) is 166 cm³/mol. The molecule has 0 spiro atoms. The Bertz CT molecular complexity index is 892. The molecule has 0 saturated carbocycles. The number of nitrogens with one attached hydrogen (secondary N) is 2. The van der Waals surface area contributed by atoms with Gasteiger partial charge in [0.25, 0.3) is 0 Å². The van der Waals surface area contributed by atoms with Gasteiger partial charge < -0.3 is 20.1 Å². The van der Waals surface area contributed by atoms with Crippen LogP contribution >= 0.6 is 0 Å². The van der Waals surface area contributed by atoms with Gasteiger partial charge >= 0.3 is 0 Å². The Hall–Kier alpha value is -2.04. The largest absolute Gasteiger partial charge is 0.382 e. The summed E-state index contributed by atoms with van der Waals surface area (Å²) in [5.74, 6) is 1.09. The molecule has 2 aliphatic heterocycles. The SMILES string of the molecule is CC(C)c1cccc(C(C)C)c1NCC1CCCO1.CCC.Cc1cc(C)c(NCC2CCCO2)c(C)c1. The molecule has 214 valence electrons. The Morgan fingerprint density at radius 2 is 1.16 bits per heavy atom. The van der Waals surface area contributed by atoms with Crippen molar-refractivity contribution in [3.05, 3.63) is 58.1 Å². The van der Waals surface area contributed by atoms with Crippen LogP contribution in [-0.2, 0) is 9.47 Å². The highest BCUT2D eigenvalue weighted by Gasteiger charge is 2.18. The van der Waals surface area contributed by atoms with Crippen molar-refractivity contribution in [3.63, 3.8) is 0 Å². The first-order chi connectivity index (χ1) is 18.2. The van der Waals surface area contributed by atoms with Gasteiger partial charge in [0.15, 0.2) is 0 Å². The molecular weight excluding hydrogens is 468 g/mol. The Morgan fingerprint density at radius 1 is 0.737 bits per heavy atom. The summed E-state index contributed by atoms with van der Waals surface area (Å²) in [4.78, 5) is 0. The van der Waals surface area contributed by atoms with Crippen LogP contribution in [-0.4, -0.2) is 38.5 Å². The molecule has 0 bridgehead atoms. The lowest BCUT2D eigenvalue weighted by Gasteiger charge is -2.22. The van der Waals surface area contributed by atoms with E-state index in [-0.39, 0.29) is 0 Å². The minimum Gasteiger partial charge on any atom is -0.382 e. The molecule has 2 atom stereocenters. The zero-order chi connectivity index (χ0) is 28.1. The molecule has 38 heavy (non-hydrogen) atoms. The first kappa shape index (κ1) is 32.2. The van der Waals surface area contributed by atoms with E-state index in [0.29, 0.717) is 24.0 Å².